The lowest BCUT2D eigenvalue weighted by Gasteiger charge is -2.33. The van der Waals surface area contributed by atoms with E-state index in [0.29, 0.717) is 24.8 Å². The summed E-state index contributed by atoms with van der Waals surface area (Å²) >= 11 is 0. The molecular formula is C32H41F2N3O3S. The number of aliphatic hydroxyl groups is 1. The van der Waals surface area contributed by atoms with E-state index in [-0.39, 0.29) is 35.4 Å². The summed E-state index contributed by atoms with van der Waals surface area (Å²) in [5.41, 5.74) is 2.25. The van der Waals surface area contributed by atoms with E-state index in [1.807, 2.05) is 6.92 Å². The van der Waals surface area contributed by atoms with Crippen molar-refractivity contribution in [1.82, 2.24) is 10.2 Å². The number of halogens is 2. The molecule has 3 aliphatic heterocycles. The predicted octanol–water partition coefficient (Wildman–Crippen LogP) is 7.22. The zero-order valence-electron chi connectivity index (χ0n) is 24.0. The number of hydrogen-bond acceptors (Lipinski definition) is 6. The maximum Gasteiger partial charge on any atom is 0.300 e. The second-order valence-corrected chi connectivity index (χ2v) is 14.5. The molecule has 0 aliphatic carbocycles. The molecule has 9 heteroatoms. The molecule has 6 bridgehead atoms. The van der Waals surface area contributed by atoms with Gasteiger partial charge in [0, 0.05) is 17.0 Å². The van der Waals surface area contributed by atoms with Gasteiger partial charge in [0.05, 0.1) is 28.9 Å². The Morgan fingerprint density at radius 1 is 1.00 bits per heavy atom. The largest absolute Gasteiger partial charge is 0.384 e. The van der Waals surface area contributed by atoms with Gasteiger partial charge in [-0.1, -0.05) is 50.3 Å². The van der Waals surface area contributed by atoms with Crippen molar-refractivity contribution in [2.24, 2.45) is 0 Å². The van der Waals surface area contributed by atoms with E-state index in [4.69, 9.17) is 0 Å². The molecule has 2 aromatic carbocycles. The van der Waals surface area contributed by atoms with Crippen molar-refractivity contribution in [3.63, 3.8) is 0 Å². The highest BCUT2D eigenvalue weighted by molar-refractivity contribution is 7.91. The van der Waals surface area contributed by atoms with Crippen LogP contribution in [0.5, 0.6) is 0 Å². The number of alkyl halides is 2. The molecule has 1 fully saturated rings. The van der Waals surface area contributed by atoms with Gasteiger partial charge in [-0.2, -0.15) is 19.0 Å². The van der Waals surface area contributed by atoms with Crippen molar-refractivity contribution >= 4 is 26.4 Å². The molecule has 1 saturated heterocycles. The lowest BCUT2D eigenvalue weighted by molar-refractivity contribution is -0.182. The quantitative estimate of drug-likeness (QED) is 0.313. The van der Waals surface area contributed by atoms with Crippen LogP contribution in [-0.4, -0.2) is 40.8 Å². The molecule has 4 heterocycles. The summed E-state index contributed by atoms with van der Waals surface area (Å²) in [4.78, 5) is 0. The highest BCUT2D eigenvalue weighted by atomic mass is 32.2. The van der Waals surface area contributed by atoms with E-state index in [9.17, 15) is 13.5 Å². The van der Waals surface area contributed by atoms with Gasteiger partial charge in [0.15, 0.2) is 0 Å². The summed E-state index contributed by atoms with van der Waals surface area (Å²) in [6.07, 6.45) is 9.05. The van der Waals surface area contributed by atoms with Crippen molar-refractivity contribution in [1.29, 1.82) is 0 Å². The monoisotopic (exact) mass is 585 g/mol. The van der Waals surface area contributed by atoms with Crippen molar-refractivity contribution in [2.75, 3.05) is 16.8 Å². The Morgan fingerprint density at radius 2 is 1.71 bits per heavy atom. The van der Waals surface area contributed by atoms with E-state index in [0.717, 1.165) is 55.1 Å². The van der Waals surface area contributed by atoms with E-state index in [1.54, 1.807) is 18.3 Å². The zero-order chi connectivity index (χ0) is 29.3. The number of benzene rings is 2. The van der Waals surface area contributed by atoms with Crippen molar-refractivity contribution in [3.05, 3.63) is 64.8 Å². The number of nitrogens with one attached hydrogen (secondary N) is 1. The fraction of sp³-hybridized carbons (Fsp3) is 0.562. The van der Waals surface area contributed by atoms with E-state index < -0.39 is 21.4 Å². The highest BCUT2D eigenvalue weighted by Crippen LogP contribution is 2.43. The van der Waals surface area contributed by atoms with Gasteiger partial charge in [0.1, 0.15) is 15.4 Å². The maximum atomic E-state index is 15.6. The van der Waals surface area contributed by atoms with Crippen LogP contribution in [-0.2, 0) is 22.2 Å². The number of aryl methyl sites for hydroxylation is 1. The molecular weight excluding hydrogens is 544 g/mol. The third kappa shape index (κ3) is 6.56. The van der Waals surface area contributed by atoms with Crippen LogP contribution in [0.4, 0.5) is 14.5 Å². The summed E-state index contributed by atoms with van der Waals surface area (Å²) in [5, 5.41) is 23.8. The molecule has 1 unspecified atom stereocenters. The Balaban J connectivity index is 1.54. The van der Waals surface area contributed by atoms with Gasteiger partial charge in [0.2, 0.25) is 0 Å². The minimum atomic E-state index is -3.40. The number of rotatable bonds is 1. The normalized spacial score (nSPS) is 26.0. The van der Waals surface area contributed by atoms with Gasteiger partial charge in [0.25, 0.3) is 0 Å². The molecule has 41 heavy (non-hydrogen) atoms. The molecule has 3 aliphatic rings. The summed E-state index contributed by atoms with van der Waals surface area (Å²) in [6.45, 7) is 3.16. The van der Waals surface area contributed by atoms with Crippen LogP contribution in [0.1, 0.15) is 106 Å². The molecule has 2 N–H and O–H groups in total. The average molecular weight is 586 g/mol. The highest BCUT2D eigenvalue weighted by Gasteiger charge is 2.49. The number of sulfone groups is 1. The lowest BCUT2D eigenvalue weighted by Crippen LogP contribution is -2.43. The Morgan fingerprint density at radius 3 is 2.46 bits per heavy atom. The summed E-state index contributed by atoms with van der Waals surface area (Å²) < 4.78 is 55.5. The van der Waals surface area contributed by atoms with E-state index in [2.05, 4.69) is 27.6 Å². The molecule has 0 amide bonds. The topological polar surface area (TPSA) is 92.2 Å². The lowest BCUT2D eigenvalue weighted by atomic mass is 9.85. The first-order valence-corrected chi connectivity index (χ1v) is 16.7. The molecule has 0 radical (unpaired) electrons. The van der Waals surface area contributed by atoms with Crippen molar-refractivity contribution in [2.45, 2.75) is 102 Å². The molecule has 0 saturated carbocycles. The molecule has 0 spiro atoms. The number of hydrogen-bond donors (Lipinski definition) is 2. The van der Waals surface area contributed by atoms with Crippen LogP contribution in [0.3, 0.4) is 0 Å². The van der Waals surface area contributed by atoms with Crippen LogP contribution in [0, 0.1) is 0 Å². The Kier molecular flexibility index (Phi) is 8.67. The number of fused-ring (bicyclic) bond motifs is 11. The minimum absolute atomic E-state index is 0.0327. The number of aromatic nitrogens is 2. The zero-order valence-corrected chi connectivity index (χ0v) is 24.8. The first-order chi connectivity index (χ1) is 19.5. The van der Waals surface area contributed by atoms with Gasteiger partial charge in [-0.05, 0) is 86.8 Å². The van der Waals surface area contributed by atoms with Crippen LogP contribution >= 0.6 is 0 Å². The molecule has 2 atom stereocenters. The molecule has 6 nitrogen and oxygen atoms in total. The number of anilines is 1. The SMILES string of the molecule is C[C@H]1Nc2cnnc3cc(c(C4CCS(=O)(=O)CC4)cc23)CCCCCCCCC(C)(O)C(F)(F)c2cccc1c2. The Bertz CT molecular complexity index is 1480. The van der Waals surface area contributed by atoms with Crippen LogP contribution < -0.4 is 5.32 Å². The third-order valence-corrected chi connectivity index (χ3v) is 10.8. The summed E-state index contributed by atoms with van der Waals surface area (Å²) in [6, 6.07) is 10.2. The average Bonchev–Trinajstić information content (AvgIpc) is 2.94. The van der Waals surface area contributed by atoms with Crippen LogP contribution in [0.2, 0.25) is 0 Å². The Hall–Kier alpha value is -2.65. The van der Waals surface area contributed by atoms with Gasteiger partial charge < -0.3 is 10.4 Å². The van der Waals surface area contributed by atoms with E-state index in [1.165, 1.54) is 30.2 Å². The maximum absolute atomic E-state index is 15.6. The molecule has 222 valence electrons. The minimum Gasteiger partial charge on any atom is -0.384 e. The molecule has 6 rings (SSSR count). The first-order valence-electron chi connectivity index (χ1n) is 14.9. The predicted molar refractivity (Wildman–Crippen MR) is 159 cm³/mol. The standard InChI is InChI=1S/C32H41F2N3O3S/c1-22-24-11-9-12-26(18-24)32(33,34)31(2,38)15-8-6-4-3-5-7-10-25-19-29-28(30(36-22)21-35-37-29)20-27(25)23-13-16-41(39,40)17-14-23/h9,11-12,18-23,36,38H,3-8,10,13-17H2,1-2H3/t22-,31?/m1/s1. The van der Waals surface area contributed by atoms with Crippen molar-refractivity contribution < 1.29 is 22.3 Å². The van der Waals surface area contributed by atoms with Crippen molar-refractivity contribution in [3.8, 4) is 0 Å². The van der Waals surface area contributed by atoms with Gasteiger partial charge >= 0.3 is 5.92 Å². The van der Waals surface area contributed by atoms with Gasteiger partial charge in [-0.25, -0.2) is 8.42 Å². The molecule has 1 aromatic heterocycles. The fourth-order valence-corrected chi connectivity index (χ4v) is 7.85. The van der Waals surface area contributed by atoms with Crippen LogP contribution in [0.15, 0.2) is 42.6 Å². The third-order valence-electron chi connectivity index (χ3n) is 9.05. The van der Waals surface area contributed by atoms with Gasteiger partial charge in [-0.3, -0.25) is 0 Å². The second-order valence-electron chi connectivity index (χ2n) is 12.2. The van der Waals surface area contributed by atoms with Crippen LogP contribution in [0.25, 0.3) is 10.9 Å². The molecule has 3 aromatic rings. The second kappa shape index (κ2) is 11.9. The summed E-state index contributed by atoms with van der Waals surface area (Å²) in [7, 11) is -2.98. The Labute approximate surface area is 241 Å². The van der Waals surface area contributed by atoms with Gasteiger partial charge in [-0.15, -0.1) is 0 Å². The first kappa shape index (κ1) is 29.8. The fourth-order valence-electron chi connectivity index (χ4n) is 6.36. The number of nitrogens with zero attached hydrogens (tertiary/aromatic N) is 2. The smallest absolute Gasteiger partial charge is 0.300 e. The van der Waals surface area contributed by atoms with E-state index >= 15 is 8.78 Å². The summed E-state index contributed by atoms with van der Waals surface area (Å²) in [5.74, 6) is -2.81.